The molecule has 2 atom stereocenters. The zero-order chi connectivity index (χ0) is 22.2. The van der Waals surface area contributed by atoms with Crippen LogP contribution in [0.25, 0.3) is 0 Å². The molecular weight excluding hydrogens is 464 g/mol. The van der Waals surface area contributed by atoms with Crippen LogP contribution >= 0.6 is 15.9 Å². The summed E-state index contributed by atoms with van der Waals surface area (Å²) in [6.07, 6.45) is 2.60. The van der Waals surface area contributed by atoms with Crippen LogP contribution in [0.5, 0.6) is 0 Å². The van der Waals surface area contributed by atoms with Gasteiger partial charge in [-0.25, -0.2) is 0 Å². The molecule has 1 saturated carbocycles. The lowest BCUT2D eigenvalue weighted by atomic mass is 9.89. The van der Waals surface area contributed by atoms with Gasteiger partial charge in [-0.05, 0) is 74.2 Å². The van der Waals surface area contributed by atoms with E-state index in [0.29, 0.717) is 12.0 Å². The highest BCUT2D eigenvalue weighted by molar-refractivity contribution is 9.10. The van der Waals surface area contributed by atoms with Crippen molar-refractivity contribution >= 4 is 39.1 Å². The van der Waals surface area contributed by atoms with Gasteiger partial charge in [0.05, 0.1) is 6.04 Å². The Bertz CT molecular complexity index is 1140. The number of halogens is 1. The molecule has 1 aliphatic heterocycles. The Hall–Kier alpha value is -2.92. The van der Waals surface area contributed by atoms with Gasteiger partial charge in [0.25, 0.3) is 5.91 Å². The van der Waals surface area contributed by atoms with Gasteiger partial charge in [0, 0.05) is 33.4 Å². The summed E-state index contributed by atoms with van der Waals surface area (Å²) in [6.45, 7) is 2.07. The minimum Gasteiger partial charge on any atom is -0.305 e. The molecule has 4 nitrogen and oxygen atoms in total. The lowest BCUT2D eigenvalue weighted by molar-refractivity contribution is -0.120. The molecular formula is C27H25BrN2O2. The van der Waals surface area contributed by atoms with Crippen molar-refractivity contribution in [3.05, 3.63) is 94.5 Å². The van der Waals surface area contributed by atoms with Gasteiger partial charge in [-0.15, -0.1) is 0 Å². The molecule has 5 heteroatoms. The van der Waals surface area contributed by atoms with Gasteiger partial charge in [-0.3, -0.25) is 9.59 Å². The fourth-order valence-corrected chi connectivity index (χ4v) is 4.91. The van der Waals surface area contributed by atoms with Gasteiger partial charge in [0.15, 0.2) is 0 Å². The first-order chi connectivity index (χ1) is 15.5. The fraction of sp³-hybridized carbons (Fsp3) is 0.259. The molecule has 5 rings (SSSR count). The summed E-state index contributed by atoms with van der Waals surface area (Å²) < 4.78 is 0.943. The van der Waals surface area contributed by atoms with Crippen LogP contribution in [0.15, 0.2) is 83.3 Å². The normalized spacial score (nSPS) is 19.9. The largest absolute Gasteiger partial charge is 0.305 e. The highest BCUT2D eigenvalue weighted by atomic mass is 79.9. The quantitative estimate of drug-likeness (QED) is 0.427. The molecule has 0 unspecified atom stereocenters. The molecule has 162 valence electrons. The first kappa shape index (κ1) is 21.0. The molecule has 0 N–H and O–H groups in total. The number of amides is 2. The number of hydrogen-bond acceptors (Lipinski definition) is 2. The summed E-state index contributed by atoms with van der Waals surface area (Å²) in [7, 11) is 0. The Labute approximate surface area is 197 Å². The van der Waals surface area contributed by atoms with Crippen molar-refractivity contribution in [2.75, 3.05) is 9.80 Å². The number of benzene rings is 3. The summed E-state index contributed by atoms with van der Waals surface area (Å²) >= 11 is 3.44. The van der Waals surface area contributed by atoms with Crippen molar-refractivity contribution in [1.29, 1.82) is 0 Å². The SMILES string of the molecule is C[C@H]1C[C@@H](N(C(=O)C2CC2)c2ccccc2)c2ccccc2N1C(=O)c1ccc(Br)cc1. The molecule has 0 spiro atoms. The van der Waals surface area contributed by atoms with Crippen molar-refractivity contribution in [3.8, 4) is 0 Å². The average Bonchev–Trinajstić information content (AvgIpc) is 3.66. The molecule has 0 saturated heterocycles. The van der Waals surface area contributed by atoms with E-state index in [1.54, 1.807) is 0 Å². The third kappa shape index (κ3) is 3.86. The highest BCUT2D eigenvalue weighted by Gasteiger charge is 2.42. The van der Waals surface area contributed by atoms with Crippen molar-refractivity contribution in [2.45, 2.75) is 38.3 Å². The molecule has 2 aliphatic rings. The predicted octanol–water partition coefficient (Wildman–Crippen LogP) is 6.37. The second kappa shape index (κ2) is 8.55. The standard InChI is InChI=1S/C27H25BrN2O2/c1-18-17-25(30(27(32)19-11-12-19)22-7-3-2-4-8-22)23-9-5-6-10-24(23)29(18)26(31)20-13-15-21(28)16-14-20/h2-10,13-16,18-19,25H,11-12,17H2,1H3/t18-,25+/m0/s1. The number of hydrogen-bond donors (Lipinski definition) is 0. The number of nitrogens with zero attached hydrogens (tertiary/aromatic N) is 2. The van der Waals surface area contributed by atoms with E-state index < -0.39 is 0 Å². The third-order valence-corrected chi connectivity index (χ3v) is 6.91. The van der Waals surface area contributed by atoms with E-state index in [9.17, 15) is 9.59 Å². The van der Waals surface area contributed by atoms with Crippen molar-refractivity contribution in [1.82, 2.24) is 0 Å². The van der Waals surface area contributed by atoms with Crippen LogP contribution in [-0.2, 0) is 4.79 Å². The molecule has 3 aromatic carbocycles. The molecule has 0 aromatic heterocycles. The molecule has 32 heavy (non-hydrogen) atoms. The van der Waals surface area contributed by atoms with E-state index in [1.165, 1.54) is 0 Å². The Morgan fingerprint density at radius 2 is 1.56 bits per heavy atom. The van der Waals surface area contributed by atoms with Crippen LogP contribution in [0, 0.1) is 5.92 Å². The maximum atomic E-state index is 13.5. The van der Waals surface area contributed by atoms with E-state index in [2.05, 4.69) is 28.9 Å². The summed E-state index contributed by atoms with van der Waals surface area (Å²) in [5.74, 6) is 0.284. The van der Waals surface area contributed by atoms with Crippen LogP contribution in [0.1, 0.15) is 48.1 Å². The van der Waals surface area contributed by atoms with Gasteiger partial charge in [0.2, 0.25) is 5.91 Å². The minimum atomic E-state index is -0.106. The van der Waals surface area contributed by atoms with Crippen LogP contribution in [0.4, 0.5) is 11.4 Å². The van der Waals surface area contributed by atoms with Crippen molar-refractivity contribution < 1.29 is 9.59 Å². The second-order valence-electron chi connectivity index (χ2n) is 8.66. The summed E-state index contributed by atoms with van der Waals surface area (Å²) in [6, 6.07) is 25.3. The maximum Gasteiger partial charge on any atom is 0.258 e. The Kier molecular flexibility index (Phi) is 5.60. The van der Waals surface area contributed by atoms with Gasteiger partial charge >= 0.3 is 0 Å². The number of anilines is 2. The van der Waals surface area contributed by atoms with E-state index in [-0.39, 0.29) is 29.8 Å². The Balaban J connectivity index is 1.57. The molecule has 1 fully saturated rings. The maximum absolute atomic E-state index is 13.5. The van der Waals surface area contributed by atoms with E-state index in [0.717, 1.165) is 34.3 Å². The number of rotatable bonds is 4. The first-order valence-corrected chi connectivity index (χ1v) is 11.9. The molecule has 1 aliphatic carbocycles. The monoisotopic (exact) mass is 488 g/mol. The second-order valence-corrected chi connectivity index (χ2v) is 9.58. The highest BCUT2D eigenvalue weighted by Crippen LogP contribution is 2.45. The summed E-state index contributed by atoms with van der Waals surface area (Å²) in [4.78, 5) is 30.8. The molecule has 3 aromatic rings. The van der Waals surface area contributed by atoms with Gasteiger partial charge in [-0.2, -0.15) is 0 Å². The van der Waals surface area contributed by atoms with E-state index in [4.69, 9.17) is 0 Å². The zero-order valence-electron chi connectivity index (χ0n) is 17.9. The van der Waals surface area contributed by atoms with Gasteiger partial charge in [0.1, 0.15) is 0 Å². The van der Waals surface area contributed by atoms with Crippen LogP contribution in [0.3, 0.4) is 0 Å². The average molecular weight is 489 g/mol. The van der Waals surface area contributed by atoms with Gasteiger partial charge in [-0.1, -0.05) is 52.3 Å². The fourth-order valence-electron chi connectivity index (χ4n) is 4.64. The Morgan fingerprint density at radius 1 is 0.906 bits per heavy atom. The lowest BCUT2D eigenvalue weighted by Crippen LogP contribution is -2.48. The van der Waals surface area contributed by atoms with Crippen LogP contribution < -0.4 is 9.80 Å². The van der Waals surface area contributed by atoms with Crippen LogP contribution in [-0.4, -0.2) is 17.9 Å². The molecule has 0 radical (unpaired) electrons. The summed E-state index contributed by atoms with van der Waals surface area (Å²) in [5.41, 5.74) is 3.48. The topological polar surface area (TPSA) is 40.6 Å². The molecule has 0 bridgehead atoms. The number of fused-ring (bicyclic) bond motifs is 1. The zero-order valence-corrected chi connectivity index (χ0v) is 19.5. The smallest absolute Gasteiger partial charge is 0.258 e. The Morgan fingerprint density at radius 3 is 2.25 bits per heavy atom. The lowest BCUT2D eigenvalue weighted by Gasteiger charge is -2.43. The minimum absolute atomic E-state index is 0.0179. The predicted molar refractivity (Wildman–Crippen MR) is 131 cm³/mol. The number of para-hydroxylation sites is 2. The molecule has 1 heterocycles. The van der Waals surface area contributed by atoms with E-state index in [1.807, 2.05) is 82.6 Å². The summed E-state index contributed by atoms with van der Waals surface area (Å²) in [5, 5.41) is 0. The molecule has 2 amide bonds. The number of carbonyl (C=O) groups is 2. The van der Waals surface area contributed by atoms with Crippen LogP contribution in [0.2, 0.25) is 0 Å². The van der Waals surface area contributed by atoms with Gasteiger partial charge < -0.3 is 9.80 Å². The van der Waals surface area contributed by atoms with Crippen molar-refractivity contribution in [3.63, 3.8) is 0 Å². The first-order valence-electron chi connectivity index (χ1n) is 11.1. The number of carbonyl (C=O) groups excluding carboxylic acids is 2. The van der Waals surface area contributed by atoms with E-state index >= 15 is 0 Å². The van der Waals surface area contributed by atoms with Crippen molar-refractivity contribution in [2.24, 2.45) is 5.92 Å². The third-order valence-electron chi connectivity index (χ3n) is 6.38.